The Labute approximate surface area is 160 Å². The van der Waals surface area contributed by atoms with Gasteiger partial charge in [-0.15, -0.1) is 0 Å². The van der Waals surface area contributed by atoms with Gasteiger partial charge < -0.3 is 10.2 Å². The van der Waals surface area contributed by atoms with E-state index >= 15 is 0 Å². The molecule has 0 saturated heterocycles. The summed E-state index contributed by atoms with van der Waals surface area (Å²) in [6.07, 6.45) is 0. The summed E-state index contributed by atoms with van der Waals surface area (Å²) in [5, 5.41) is 3.03. The van der Waals surface area contributed by atoms with Crippen molar-refractivity contribution in [1.29, 1.82) is 0 Å². The highest BCUT2D eigenvalue weighted by Gasteiger charge is 2.13. The summed E-state index contributed by atoms with van der Waals surface area (Å²) in [4.78, 5) is 6.08. The molecule has 146 valence electrons. The van der Waals surface area contributed by atoms with Gasteiger partial charge in [0, 0.05) is 27.2 Å². The largest absolute Gasteiger partial charge is 0.355 e. The summed E-state index contributed by atoms with van der Waals surface area (Å²) in [7, 11) is -0.0818. The van der Waals surface area contributed by atoms with Crippen molar-refractivity contribution < 1.29 is 12.8 Å². The minimum absolute atomic E-state index is 0.166. The molecule has 6 nitrogen and oxygen atoms in total. The molecule has 27 heavy (non-hydrogen) atoms. The van der Waals surface area contributed by atoms with E-state index in [-0.39, 0.29) is 18.0 Å². The van der Waals surface area contributed by atoms with Crippen molar-refractivity contribution in [2.24, 2.45) is 4.99 Å². The van der Waals surface area contributed by atoms with Crippen molar-refractivity contribution in [1.82, 2.24) is 10.2 Å². The number of sulfonamides is 1. The van der Waals surface area contributed by atoms with Gasteiger partial charge in [0.1, 0.15) is 5.82 Å². The molecule has 0 spiro atoms. The Morgan fingerprint density at radius 3 is 2.52 bits per heavy atom. The SMILES string of the molecule is CN=C(NCCS(=O)(=O)Nc1ccc(C)c(F)c1)N(C)Cc1ccccc1. The fraction of sp³-hybridized carbons (Fsp3) is 0.316. The Morgan fingerprint density at radius 1 is 1.19 bits per heavy atom. The molecule has 0 aromatic heterocycles. The van der Waals surface area contributed by atoms with Gasteiger partial charge in [0.15, 0.2) is 5.96 Å². The molecule has 2 rings (SSSR count). The first-order valence-electron chi connectivity index (χ1n) is 8.53. The number of hydrogen-bond acceptors (Lipinski definition) is 3. The van der Waals surface area contributed by atoms with Gasteiger partial charge in [-0.05, 0) is 30.2 Å². The molecule has 0 amide bonds. The van der Waals surface area contributed by atoms with Crippen LogP contribution < -0.4 is 10.0 Å². The van der Waals surface area contributed by atoms with Crippen LogP contribution in [0.15, 0.2) is 53.5 Å². The molecule has 0 bridgehead atoms. The summed E-state index contributed by atoms with van der Waals surface area (Å²) >= 11 is 0. The van der Waals surface area contributed by atoms with E-state index in [1.807, 2.05) is 42.3 Å². The number of aliphatic imine (C=N–C) groups is 1. The molecule has 0 aliphatic carbocycles. The number of hydrogen-bond donors (Lipinski definition) is 2. The summed E-state index contributed by atoms with van der Waals surface area (Å²) in [6.45, 7) is 2.44. The van der Waals surface area contributed by atoms with Crippen LogP contribution in [0.25, 0.3) is 0 Å². The van der Waals surface area contributed by atoms with Crippen molar-refractivity contribution in [3.05, 3.63) is 65.5 Å². The van der Waals surface area contributed by atoms with Crippen LogP contribution in [0.3, 0.4) is 0 Å². The highest BCUT2D eigenvalue weighted by Crippen LogP contribution is 2.14. The van der Waals surface area contributed by atoms with Crippen molar-refractivity contribution in [3.63, 3.8) is 0 Å². The molecule has 0 aliphatic rings. The fourth-order valence-corrected chi connectivity index (χ4v) is 3.46. The maximum atomic E-state index is 13.6. The van der Waals surface area contributed by atoms with Gasteiger partial charge in [-0.3, -0.25) is 9.71 Å². The van der Waals surface area contributed by atoms with E-state index in [2.05, 4.69) is 15.0 Å². The molecule has 0 radical (unpaired) electrons. The Balaban J connectivity index is 1.87. The van der Waals surface area contributed by atoms with Gasteiger partial charge in [0.05, 0.1) is 11.4 Å². The van der Waals surface area contributed by atoms with Crippen LogP contribution >= 0.6 is 0 Å². The zero-order chi connectivity index (χ0) is 19.9. The zero-order valence-corrected chi connectivity index (χ0v) is 16.6. The second-order valence-corrected chi connectivity index (χ2v) is 8.04. The zero-order valence-electron chi connectivity index (χ0n) is 15.7. The lowest BCUT2D eigenvalue weighted by molar-refractivity contribution is 0.479. The van der Waals surface area contributed by atoms with Crippen LogP contribution in [0.2, 0.25) is 0 Å². The molecule has 0 aliphatic heterocycles. The number of benzene rings is 2. The molecule has 2 N–H and O–H groups in total. The lowest BCUT2D eigenvalue weighted by Gasteiger charge is -2.22. The molecule has 0 saturated carbocycles. The van der Waals surface area contributed by atoms with Crippen LogP contribution in [0, 0.1) is 12.7 Å². The van der Waals surface area contributed by atoms with E-state index < -0.39 is 15.8 Å². The lowest BCUT2D eigenvalue weighted by Crippen LogP contribution is -2.41. The maximum Gasteiger partial charge on any atom is 0.234 e. The monoisotopic (exact) mass is 392 g/mol. The Bertz CT molecular complexity index is 886. The molecule has 0 atom stereocenters. The maximum absolute atomic E-state index is 13.6. The normalized spacial score (nSPS) is 11.9. The van der Waals surface area contributed by atoms with Gasteiger partial charge >= 0.3 is 0 Å². The average Bonchev–Trinajstić information content (AvgIpc) is 2.62. The second-order valence-electron chi connectivity index (χ2n) is 6.20. The van der Waals surface area contributed by atoms with E-state index in [1.54, 1.807) is 14.0 Å². The first-order chi connectivity index (χ1) is 12.8. The Kier molecular flexibility index (Phi) is 7.18. The smallest absolute Gasteiger partial charge is 0.234 e. The molecule has 8 heteroatoms. The standard InChI is InChI=1S/C19H25FN4O2S/c1-15-9-10-17(13-18(15)20)23-27(25,26)12-11-22-19(21-2)24(3)14-16-7-5-4-6-8-16/h4-10,13,23H,11-12,14H2,1-3H3,(H,21,22). The second kappa shape index (κ2) is 9.36. The first-order valence-corrected chi connectivity index (χ1v) is 10.2. The molecule has 2 aromatic carbocycles. The lowest BCUT2D eigenvalue weighted by atomic mass is 10.2. The van der Waals surface area contributed by atoms with Gasteiger partial charge in [-0.25, -0.2) is 12.8 Å². The van der Waals surface area contributed by atoms with Crippen molar-refractivity contribution in [2.75, 3.05) is 31.1 Å². The number of nitrogens with zero attached hydrogens (tertiary/aromatic N) is 2. The number of halogens is 1. The highest BCUT2D eigenvalue weighted by atomic mass is 32.2. The fourth-order valence-electron chi connectivity index (χ4n) is 2.50. The molecule has 0 fully saturated rings. The van der Waals surface area contributed by atoms with Crippen molar-refractivity contribution in [3.8, 4) is 0 Å². The van der Waals surface area contributed by atoms with Gasteiger partial charge in [-0.1, -0.05) is 36.4 Å². The molecular formula is C19H25FN4O2S. The van der Waals surface area contributed by atoms with Crippen LogP contribution in [-0.4, -0.2) is 45.7 Å². The Morgan fingerprint density at radius 2 is 1.89 bits per heavy atom. The van der Waals surface area contributed by atoms with Crippen molar-refractivity contribution in [2.45, 2.75) is 13.5 Å². The van der Waals surface area contributed by atoms with E-state index in [4.69, 9.17) is 0 Å². The third kappa shape index (κ3) is 6.56. The molecular weight excluding hydrogens is 367 g/mol. The summed E-state index contributed by atoms with van der Waals surface area (Å²) < 4.78 is 40.3. The average molecular weight is 393 g/mol. The van der Waals surface area contributed by atoms with E-state index in [0.29, 0.717) is 18.1 Å². The van der Waals surface area contributed by atoms with E-state index in [1.165, 1.54) is 18.2 Å². The topological polar surface area (TPSA) is 73.8 Å². The number of guanidine groups is 1. The predicted molar refractivity (Wildman–Crippen MR) is 108 cm³/mol. The van der Waals surface area contributed by atoms with Gasteiger partial charge in [0.25, 0.3) is 0 Å². The van der Waals surface area contributed by atoms with Gasteiger partial charge in [0.2, 0.25) is 10.0 Å². The quantitative estimate of drug-likeness (QED) is 0.561. The first kappa shape index (κ1) is 20.7. The third-order valence-corrected chi connectivity index (χ3v) is 5.22. The minimum Gasteiger partial charge on any atom is -0.355 e. The van der Waals surface area contributed by atoms with Crippen LogP contribution in [0.4, 0.5) is 10.1 Å². The highest BCUT2D eigenvalue weighted by molar-refractivity contribution is 7.92. The number of rotatable bonds is 7. The summed E-state index contributed by atoms with van der Waals surface area (Å²) in [5.41, 5.74) is 1.80. The molecule has 0 unspecified atom stereocenters. The van der Waals surface area contributed by atoms with Crippen LogP contribution in [0.1, 0.15) is 11.1 Å². The number of aryl methyl sites for hydroxylation is 1. The summed E-state index contributed by atoms with van der Waals surface area (Å²) in [6, 6.07) is 14.2. The number of anilines is 1. The minimum atomic E-state index is -3.61. The third-order valence-electron chi connectivity index (χ3n) is 3.94. The van der Waals surface area contributed by atoms with Gasteiger partial charge in [-0.2, -0.15) is 0 Å². The summed E-state index contributed by atoms with van der Waals surface area (Å²) in [5.74, 6) is -0.0209. The molecule has 2 aromatic rings. The predicted octanol–water partition coefficient (Wildman–Crippen LogP) is 2.58. The van der Waals surface area contributed by atoms with E-state index in [0.717, 1.165) is 5.56 Å². The Hall–Kier alpha value is -2.61. The van der Waals surface area contributed by atoms with E-state index in [9.17, 15) is 12.8 Å². The van der Waals surface area contributed by atoms with Crippen LogP contribution in [0.5, 0.6) is 0 Å². The molecule has 0 heterocycles. The number of nitrogens with one attached hydrogen (secondary N) is 2. The van der Waals surface area contributed by atoms with Crippen molar-refractivity contribution >= 4 is 21.7 Å². The van der Waals surface area contributed by atoms with Crippen LogP contribution in [-0.2, 0) is 16.6 Å².